The predicted octanol–water partition coefficient (Wildman–Crippen LogP) is 3.40. The fraction of sp³-hybridized carbons (Fsp3) is 0.312. The number of hydrogen-bond donors (Lipinski definition) is 2. The summed E-state index contributed by atoms with van der Waals surface area (Å²) < 4.78 is 5.04. The number of thiazole rings is 1. The van der Waals surface area contributed by atoms with Crippen LogP contribution in [0, 0.1) is 0 Å². The van der Waals surface area contributed by atoms with Gasteiger partial charge in [0.05, 0.1) is 12.1 Å². The van der Waals surface area contributed by atoms with Crippen LogP contribution in [0.1, 0.15) is 46.6 Å². The number of aromatic carboxylic acids is 1. The molecule has 6 nitrogen and oxygen atoms in total. The molecule has 0 spiro atoms. The van der Waals surface area contributed by atoms with Gasteiger partial charge in [-0.05, 0) is 12.1 Å². The molecular weight excluding hydrogens is 316 g/mol. The lowest BCUT2D eigenvalue weighted by Crippen LogP contribution is -2.15. The van der Waals surface area contributed by atoms with Crippen LogP contribution in [0.3, 0.4) is 0 Å². The fourth-order valence-corrected chi connectivity index (χ4v) is 2.75. The normalized spacial score (nSPS) is 11.1. The number of carboxylic acid groups (broad SMARTS) is 1. The zero-order valence-electron chi connectivity index (χ0n) is 13.3. The number of amides is 1. The highest BCUT2D eigenvalue weighted by atomic mass is 32.1. The van der Waals surface area contributed by atoms with Gasteiger partial charge in [-0.15, -0.1) is 11.3 Å². The largest absolute Gasteiger partial charge is 0.496 e. The van der Waals surface area contributed by atoms with E-state index in [1.807, 2.05) is 20.8 Å². The Morgan fingerprint density at radius 2 is 2.00 bits per heavy atom. The minimum atomic E-state index is -1.09. The van der Waals surface area contributed by atoms with Crippen molar-refractivity contribution in [1.29, 1.82) is 0 Å². The van der Waals surface area contributed by atoms with Gasteiger partial charge in [0.15, 0.2) is 0 Å². The van der Waals surface area contributed by atoms with Crippen LogP contribution in [-0.4, -0.2) is 29.1 Å². The lowest BCUT2D eigenvalue weighted by Gasteiger charge is -2.13. The van der Waals surface area contributed by atoms with Gasteiger partial charge in [-0.2, -0.15) is 0 Å². The molecule has 0 unspecified atom stereocenters. The van der Waals surface area contributed by atoms with E-state index in [2.05, 4.69) is 10.3 Å². The lowest BCUT2D eigenvalue weighted by atomic mass is 9.98. The number of carbonyl (C=O) groups excluding carboxylic acids is 1. The van der Waals surface area contributed by atoms with Gasteiger partial charge < -0.3 is 15.2 Å². The molecule has 0 saturated heterocycles. The van der Waals surface area contributed by atoms with Gasteiger partial charge in [-0.3, -0.25) is 4.79 Å². The second-order valence-corrected chi connectivity index (χ2v) is 6.82. The molecule has 0 fully saturated rings. The summed E-state index contributed by atoms with van der Waals surface area (Å²) in [6.45, 7) is 6.09. The molecule has 0 bridgehead atoms. The Morgan fingerprint density at radius 1 is 1.30 bits per heavy atom. The molecule has 122 valence electrons. The highest BCUT2D eigenvalue weighted by Crippen LogP contribution is 2.27. The van der Waals surface area contributed by atoms with Gasteiger partial charge in [0.1, 0.15) is 17.0 Å². The first-order valence-electron chi connectivity index (χ1n) is 6.91. The van der Waals surface area contributed by atoms with E-state index in [0.717, 1.165) is 5.01 Å². The van der Waals surface area contributed by atoms with Crippen LogP contribution in [0.4, 0.5) is 5.69 Å². The molecular formula is C16H18N2O4S. The molecule has 0 saturated carbocycles. The Bertz CT molecular complexity index is 747. The van der Waals surface area contributed by atoms with Crippen molar-refractivity contribution < 1.29 is 19.4 Å². The Balaban J connectivity index is 2.20. The first-order valence-corrected chi connectivity index (χ1v) is 7.79. The van der Waals surface area contributed by atoms with E-state index >= 15 is 0 Å². The molecule has 2 N–H and O–H groups in total. The van der Waals surface area contributed by atoms with Gasteiger partial charge >= 0.3 is 5.97 Å². The van der Waals surface area contributed by atoms with E-state index in [1.54, 1.807) is 5.38 Å². The second-order valence-electron chi connectivity index (χ2n) is 5.96. The van der Waals surface area contributed by atoms with E-state index in [0.29, 0.717) is 11.4 Å². The predicted molar refractivity (Wildman–Crippen MR) is 88.7 cm³/mol. The molecule has 0 aliphatic heterocycles. The summed E-state index contributed by atoms with van der Waals surface area (Å²) in [4.78, 5) is 27.7. The number of ether oxygens (including phenoxy) is 1. The SMILES string of the molecule is COc1cc(NC(=O)c2csc(C(C)(C)C)n2)ccc1C(=O)O. The number of anilines is 1. The highest BCUT2D eigenvalue weighted by molar-refractivity contribution is 7.10. The summed E-state index contributed by atoms with van der Waals surface area (Å²) >= 11 is 1.44. The number of methoxy groups -OCH3 is 1. The van der Waals surface area contributed by atoms with Crippen LogP contribution in [-0.2, 0) is 5.41 Å². The number of carbonyl (C=O) groups is 2. The summed E-state index contributed by atoms with van der Waals surface area (Å²) in [6.07, 6.45) is 0. The Morgan fingerprint density at radius 3 is 2.52 bits per heavy atom. The Labute approximate surface area is 138 Å². The molecule has 0 radical (unpaired) electrons. The number of aromatic nitrogens is 1. The van der Waals surface area contributed by atoms with Gasteiger partial charge in [-0.1, -0.05) is 20.8 Å². The lowest BCUT2D eigenvalue weighted by molar-refractivity contribution is 0.0693. The third kappa shape index (κ3) is 3.87. The molecule has 2 rings (SSSR count). The summed E-state index contributed by atoms with van der Waals surface area (Å²) in [5.41, 5.74) is 0.702. The third-order valence-electron chi connectivity index (χ3n) is 3.07. The van der Waals surface area contributed by atoms with Crippen molar-refractivity contribution in [2.24, 2.45) is 0 Å². The highest BCUT2D eigenvalue weighted by Gasteiger charge is 2.20. The van der Waals surface area contributed by atoms with Gasteiger partial charge in [0.2, 0.25) is 0 Å². The van der Waals surface area contributed by atoms with E-state index in [1.165, 1.54) is 36.6 Å². The molecule has 7 heteroatoms. The zero-order chi connectivity index (χ0) is 17.2. The fourth-order valence-electron chi connectivity index (χ4n) is 1.86. The van der Waals surface area contributed by atoms with Gasteiger partial charge in [-0.25, -0.2) is 9.78 Å². The maximum absolute atomic E-state index is 12.2. The molecule has 2 aromatic rings. The quantitative estimate of drug-likeness (QED) is 0.894. The molecule has 0 aliphatic rings. The van der Waals surface area contributed by atoms with Crippen molar-refractivity contribution in [3.8, 4) is 5.75 Å². The number of rotatable bonds is 4. The van der Waals surface area contributed by atoms with Crippen molar-refractivity contribution in [2.45, 2.75) is 26.2 Å². The number of nitrogens with zero attached hydrogens (tertiary/aromatic N) is 1. The molecule has 0 aliphatic carbocycles. The Hall–Kier alpha value is -2.41. The number of nitrogens with one attached hydrogen (secondary N) is 1. The van der Waals surface area contributed by atoms with Crippen molar-refractivity contribution >= 4 is 28.9 Å². The first-order chi connectivity index (χ1) is 10.7. The molecule has 0 atom stereocenters. The topological polar surface area (TPSA) is 88.5 Å². The second kappa shape index (κ2) is 6.37. The average molecular weight is 334 g/mol. The van der Waals surface area contributed by atoms with Crippen LogP contribution in [0.15, 0.2) is 23.6 Å². The third-order valence-corrected chi connectivity index (χ3v) is 4.34. The van der Waals surface area contributed by atoms with Crippen LogP contribution in [0.5, 0.6) is 5.75 Å². The maximum atomic E-state index is 12.2. The van der Waals surface area contributed by atoms with Crippen LogP contribution in [0.25, 0.3) is 0 Å². The minimum Gasteiger partial charge on any atom is -0.496 e. The summed E-state index contributed by atoms with van der Waals surface area (Å²) in [6, 6.07) is 4.37. The zero-order valence-corrected chi connectivity index (χ0v) is 14.2. The Kier molecular flexibility index (Phi) is 4.70. The number of benzene rings is 1. The van der Waals surface area contributed by atoms with E-state index in [4.69, 9.17) is 9.84 Å². The van der Waals surface area contributed by atoms with Crippen molar-refractivity contribution in [3.63, 3.8) is 0 Å². The summed E-state index contributed by atoms with van der Waals surface area (Å²) in [5, 5.41) is 14.3. The van der Waals surface area contributed by atoms with E-state index in [-0.39, 0.29) is 22.6 Å². The molecule has 1 heterocycles. The summed E-state index contributed by atoms with van der Waals surface area (Å²) in [7, 11) is 1.38. The standard InChI is InChI=1S/C16H18N2O4S/c1-16(2,3)15-18-11(8-23-15)13(19)17-9-5-6-10(14(20)21)12(7-9)22-4/h5-8H,1-4H3,(H,17,19)(H,20,21). The van der Waals surface area contributed by atoms with Gasteiger partial charge in [0, 0.05) is 22.5 Å². The average Bonchev–Trinajstić information content (AvgIpc) is 2.96. The molecule has 1 aromatic heterocycles. The van der Waals surface area contributed by atoms with Gasteiger partial charge in [0.25, 0.3) is 5.91 Å². The monoisotopic (exact) mass is 334 g/mol. The van der Waals surface area contributed by atoms with E-state index < -0.39 is 5.97 Å². The van der Waals surface area contributed by atoms with Crippen molar-refractivity contribution in [3.05, 3.63) is 39.8 Å². The van der Waals surface area contributed by atoms with E-state index in [9.17, 15) is 9.59 Å². The van der Waals surface area contributed by atoms with Crippen LogP contribution in [0.2, 0.25) is 0 Å². The minimum absolute atomic E-state index is 0.0363. The summed E-state index contributed by atoms with van der Waals surface area (Å²) in [5.74, 6) is -1.25. The first kappa shape index (κ1) is 17.0. The van der Waals surface area contributed by atoms with Crippen LogP contribution < -0.4 is 10.1 Å². The molecule has 1 aromatic carbocycles. The number of hydrogen-bond acceptors (Lipinski definition) is 5. The number of carboxylic acids is 1. The van der Waals surface area contributed by atoms with Crippen LogP contribution >= 0.6 is 11.3 Å². The van der Waals surface area contributed by atoms with Crippen molar-refractivity contribution in [2.75, 3.05) is 12.4 Å². The maximum Gasteiger partial charge on any atom is 0.339 e. The smallest absolute Gasteiger partial charge is 0.339 e. The molecule has 23 heavy (non-hydrogen) atoms. The van der Waals surface area contributed by atoms with Crippen molar-refractivity contribution in [1.82, 2.24) is 4.98 Å². The molecule has 1 amide bonds.